The predicted molar refractivity (Wildman–Crippen MR) is 53.4 cm³/mol. The van der Waals surface area contributed by atoms with E-state index in [9.17, 15) is 4.79 Å². The number of carbonyl (C=O) groups excluding carboxylic acids is 1. The Bertz CT molecular complexity index is 193. The van der Waals surface area contributed by atoms with Crippen molar-refractivity contribution in [1.29, 1.82) is 0 Å². The van der Waals surface area contributed by atoms with Gasteiger partial charge in [0.05, 0.1) is 0 Å². The lowest BCUT2D eigenvalue weighted by molar-refractivity contribution is -0.117. The van der Waals surface area contributed by atoms with Crippen LogP contribution in [0.2, 0.25) is 0 Å². The van der Waals surface area contributed by atoms with Gasteiger partial charge in [0.15, 0.2) is 0 Å². The van der Waals surface area contributed by atoms with Crippen LogP contribution < -0.4 is 5.32 Å². The Morgan fingerprint density at radius 1 is 1.23 bits per heavy atom. The Balaban J connectivity index is 3.70. The monoisotopic (exact) mass is 185 g/mol. The van der Waals surface area contributed by atoms with Gasteiger partial charge in [-0.05, 0) is 33.6 Å². The van der Waals surface area contributed by atoms with E-state index in [4.69, 9.17) is 5.11 Å². The zero-order chi connectivity index (χ0) is 10.3. The molecule has 2 N–H and O–H groups in total. The molecular formula is C10H19NO2. The molecule has 13 heavy (non-hydrogen) atoms. The van der Waals surface area contributed by atoms with Gasteiger partial charge in [0, 0.05) is 18.7 Å². The average molecular weight is 185 g/mol. The van der Waals surface area contributed by atoms with E-state index in [0.29, 0.717) is 6.54 Å². The highest BCUT2D eigenvalue weighted by molar-refractivity contribution is 5.93. The van der Waals surface area contributed by atoms with Gasteiger partial charge in [-0.25, -0.2) is 0 Å². The van der Waals surface area contributed by atoms with Gasteiger partial charge in [-0.1, -0.05) is 5.57 Å². The molecule has 0 aromatic heterocycles. The Morgan fingerprint density at radius 3 is 2.31 bits per heavy atom. The van der Waals surface area contributed by atoms with E-state index in [0.717, 1.165) is 24.0 Å². The number of nitrogens with one attached hydrogen (secondary N) is 1. The second-order valence-corrected chi connectivity index (χ2v) is 3.31. The molecule has 0 heterocycles. The number of aliphatic hydroxyl groups is 1. The van der Waals surface area contributed by atoms with E-state index in [-0.39, 0.29) is 12.5 Å². The maximum absolute atomic E-state index is 11.3. The lowest BCUT2D eigenvalue weighted by Gasteiger charge is -2.05. The molecule has 0 spiro atoms. The van der Waals surface area contributed by atoms with Crippen molar-refractivity contribution >= 4 is 5.91 Å². The van der Waals surface area contributed by atoms with Gasteiger partial charge in [0.25, 0.3) is 0 Å². The molecule has 0 rings (SSSR count). The normalized spacial score (nSPS) is 9.54. The minimum atomic E-state index is -0.00191. The molecule has 0 bridgehead atoms. The number of rotatable bonds is 5. The molecule has 0 fully saturated rings. The fourth-order valence-electron chi connectivity index (χ4n) is 0.798. The summed E-state index contributed by atoms with van der Waals surface area (Å²) in [6.45, 7) is 6.49. The summed E-state index contributed by atoms with van der Waals surface area (Å²) in [5, 5.41) is 11.3. The molecule has 0 saturated heterocycles. The second kappa shape index (κ2) is 6.66. The number of amides is 1. The summed E-state index contributed by atoms with van der Waals surface area (Å²) in [5.41, 5.74) is 1.82. The molecule has 0 aliphatic heterocycles. The molecule has 0 aromatic rings. The van der Waals surface area contributed by atoms with Crippen molar-refractivity contribution in [2.45, 2.75) is 33.6 Å². The van der Waals surface area contributed by atoms with Crippen LogP contribution in [0.15, 0.2) is 11.1 Å². The first kappa shape index (κ1) is 12.2. The van der Waals surface area contributed by atoms with Crippen molar-refractivity contribution in [3.8, 4) is 0 Å². The van der Waals surface area contributed by atoms with E-state index in [1.807, 2.05) is 20.8 Å². The van der Waals surface area contributed by atoms with Crippen molar-refractivity contribution in [3.63, 3.8) is 0 Å². The first-order valence-corrected chi connectivity index (χ1v) is 4.62. The first-order chi connectivity index (χ1) is 6.09. The van der Waals surface area contributed by atoms with Crippen molar-refractivity contribution in [2.75, 3.05) is 13.2 Å². The molecule has 0 radical (unpaired) electrons. The molecule has 76 valence electrons. The summed E-state index contributed by atoms with van der Waals surface area (Å²) in [7, 11) is 0. The van der Waals surface area contributed by atoms with Crippen LogP contribution in [0.4, 0.5) is 0 Å². The topological polar surface area (TPSA) is 49.3 Å². The largest absolute Gasteiger partial charge is 0.396 e. The third-order valence-corrected chi connectivity index (χ3v) is 1.96. The maximum atomic E-state index is 11.3. The lowest BCUT2D eigenvalue weighted by Crippen LogP contribution is -2.25. The lowest BCUT2D eigenvalue weighted by atomic mass is 10.1. The molecule has 3 nitrogen and oxygen atoms in total. The highest BCUT2D eigenvalue weighted by Crippen LogP contribution is 2.01. The molecule has 0 atom stereocenters. The van der Waals surface area contributed by atoms with E-state index in [1.165, 1.54) is 0 Å². The van der Waals surface area contributed by atoms with E-state index >= 15 is 0 Å². The molecular weight excluding hydrogens is 166 g/mol. The highest BCUT2D eigenvalue weighted by Gasteiger charge is 2.03. The molecule has 0 aromatic carbocycles. The maximum Gasteiger partial charge on any atom is 0.246 e. The number of allylic oxidation sites excluding steroid dienone is 1. The van der Waals surface area contributed by atoms with Gasteiger partial charge < -0.3 is 10.4 Å². The highest BCUT2D eigenvalue weighted by atomic mass is 16.2. The van der Waals surface area contributed by atoms with Crippen molar-refractivity contribution in [3.05, 3.63) is 11.1 Å². The Morgan fingerprint density at radius 2 is 1.85 bits per heavy atom. The van der Waals surface area contributed by atoms with Gasteiger partial charge in [-0.2, -0.15) is 0 Å². The second-order valence-electron chi connectivity index (χ2n) is 3.31. The summed E-state index contributed by atoms with van der Waals surface area (Å²) in [6, 6.07) is 0. The summed E-state index contributed by atoms with van der Waals surface area (Å²) in [5.74, 6) is -0.00191. The molecule has 1 amide bonds. The van der Waals surface area contributed by atoms with Crippen LogP contribution >= 0.6 is 0 Å². The fraction of sp³-hybridized carbons (Fsp3) is 0.700. The third-order valence-electron chi connectivity index (χ3n) is 1.96. The Labute approximate surface area is 79.8 Å². The number of aliphatic hydroxyl groups excluding tert-OH is 1. The zero-order valence-electron chi connectivity index (χ0n) is 8.68. The minimum absolute atomic E-state index is 0.00191. The van der Waals surface area contributed by atoms with Crippen LogP contribution in [0.1, 0.15) is 33.6 Å². The van der Waals surface area contributed by atoms with Gasteiger partial charge in [-0.15, -0.1) is 0 Å². The van der Waals surface area contributed by atoms with Crippen molar-refractivity contribution < 1.29 is 9.90 Å². The summed E-state index contributed by atoms with van der Waals surface area (Å²) >= 11 is 0. The first-order valence-electron chi connectivity index (χ1n) is 4.62. The zero-order valence-corrected chi connectivity index (χ0v) is 8.68. The standard InChI is InChI=1S/C10H19NO2/c1-8(2)9(3)10(13)11-6-4-5-7-12/h12H,4-7H2,1-3H3,(H,11,13). The van der Waals surface area contributed by atoms with Gasteiger partial charge in [0.2, 0.25) is 5.91 Å². The smallest absolute Gasteiger partial charge is 0.246 e. The minimum Gasteiger partial charge on any atom is -0.396 e. The summed E-state index contributed by atoms with van der Waals surface area (Å²) in [4.78, 5) is 11.3. The van der Waals surface area contributed by atoms with Crippen LogP contribution in [0, 0.1) is 0 Å². The summed E-state index contributed by atoms with van der Waals surface area (Å²) in [6.07, 6.45) is 1.58. The molecule has 0 saturated carbocycles. The third kappa shape index (κ3) is 5.42. The van der Waals surface area contributed by atoms with Crippen LogP contribution in [-0.2, 0) is 4.79 Å². The Hall–Kier alpha value is -0.830. The van der Waals surface area contributed by atoms with Crippen LogP contribution in [0.5, 0.6) is 0 Å². The number of hydrogen-bond acceptors (Lipinski definition) is 2. The molecule has 3 heteroatoms. The Kier molecular flexibility index (Phi) is 6.24. The SMILES string of the molecule is CC(C)=C(C)C(=O)NCCCCO. The molecule has 0 aliphatic rings. The number of hydrogen-bond donors (Lipinski definition) is 2. The van der Waals surface area contributed by atoms with Gasteiger partial charge in [0.1, 0.15) is 0 Å². The average Bonchev–Trinajstić information content (AvgIpc) is 2.10. The van der Waals surface area contributed by atoms with Crippen LogP contribution in [0.3, 0.4) is 0 Å². The van der Waals surface area contributed by atoms with Gasteiger partial charge >= 0.3 is 0 Å². The van der Waals surface area contributed by atoms with Crippen molar-refractivity contribution in [2.24, 2.45) is 0 Å². The quantitative estimate of drug-likeness (QED) is 0.500. The number of unbranched alkanes of at least 4 members (excludes halogenated alkanes) is 1. The molecule has 0 aliphatic carbocycles. The van der Waals surface area contributed by atoms with E-state index < -0.39 is 0 Å². The molecule has 0 unspecified atom stereocenters. The fourth-order valence-corrected chi connectivity index (χ4v) is 0.798. The predicted octanol–water partition coefficient (Wildman–Crippen LogP) is 1.23. The van der Waals surface area contributed by atoms with Crippen LogP contribution in [0.25, 0.3) is 0 Å². The van der Waals surface area contributed by atoms with Gasteiger partial charge in [-0.3, -0.25) is 4.79 Å². The van der Waals surface area contributed by atoms with Crippen LogP contribution in [-0.4, -0.2) is 24.2 Å². The number of carbonyl (C=O) groups is 1. The van der Waals surface area contributed by atoms with E-state index in [1.54, 1.807) is 0 Å². The van der Waals surface area contributed by atoms with Crippen molar-refractivity contribution in [1.82, 2.24) is 5.32 Å². The summed E-state index contributed by atoms with van der Waals surface area (Å²) < 4.78 is 0. The van der Waals surface area contributed by atoms with E-state index in [2.05, 4.69) is 5.32 Å².